The van der Waals surface area contributed by atoms with Gasteiger partial charge in [-0.2, -0.15) is 13.2 Å². The Balaban J connectivity index is 1.77. The minimum Gasteiger partial charge on any atom is -0.338 e. The fourth-order valence-corrected chi connectivity index (χ4v) is 3.92. The summed E-state index contributed by atoms with van der Waals surface area (Å²) in [5.74, 6) is -0.325. The van der Waals surface area contributed by atoms with Crippen molar-refractivity contribution >= 4 is 17.4 Å². The van der Waals surface area contributed by atoms with Crippen LogP contribution in [0.4, 0.5) is 13.2 Å². The minimum absolute atomic E-state index is 0.128. The molecule has 1 atom stereocenters. The first-order chi connectivity index (χ1) is 11.9. The lowest BCUT2D eigenvalue weighted by atomic mass is 9.88. The predicted molar refractivity (Wildman–Crippen MR) is 88.6 cm³/mol. The molecule has 1 unspecified atom stereocenters. The Morgan fingerprint density at radius 3 is 2.68 bits per heavy atom. The van der Waals surface area contributed by atoms with Gasteiger partial charge >= 0.3 is 6.18 Å². The van der Waals surface area contributed by atoms with Gasteiger partial charge in [-0.3, -0.25) is 4.79 Å². The summed E-state index contributed by atoms with van der Waals surface area (Å²) < 4.78 is 43.6. The molecule has 0 spiro atoms. The molecule has 0 saturated carbocycles. The number of amides is 1. The van der Waals surface area contributed by atoms with Crippen molar-refractivity contribution in [3.05, 3.63) is 46.0 Å². The number of hydrogen-bond donors (Lipinski definition) is 0. The number of alkyl halides is 3. The molecular formula is C17H18F3N3OS. The Bertz CT molecular complexity index is 760. The molecule has 1 aliphatic rings. The summed E-state index contributed by atoms with van der Waals surface area (Å²) in [6, 6.07) is 5.75. The predicted octanol–water partition coefficient (Wildman–Crippen LogP) is 4.28. The molecule has 1 aromatic heterocycles. The monoisotopic (exact) mass is 369 g/mol. The maximum absolute atomic E-state index is 13.3. The number of aromatic nitrogens is 2. The molecule has 1 aromatic carbocycles. The van der Waals surface area contributed by atoms with Gasteiger partial charge in [-0.1, -0.05) is 22.7 Å². The third kappa shape index (κ3) is 3.84. The molecule has 1 saturated heterocycles. The molecule has 3 rings (SSSR count). The first-order valence-electron chi connectivity index (χ1n) is 8.12. The van der Waals surface area contributed by atoms with Gasteiger partial charge in [0.2, 0.25) is 0 Å². The van der Waals surface area contributed by atoms with Crippen molar-refractivity contribution in [2.75, 3.05) is 13.1 Å². The highest BCUT2D eigenvalue weighted by atomic mass is 32.1. The van der Waals surface area contributed by atoms with Crippen molar-refractivity contribution in [2.24, 2.45) is 0 Å². The fraction of sp³-hybridized carbons (Fsp3) is 0.471. The second kappa shape index (κ2) is 7.11. The number of likely N-dealkylation sites (tertiary alicyclic amines) is 1. The number of nitrogens with zero attached hydrogens (tertiary/aromatic N) is 3. The van der Waals surface area contributed by atoms with E-state index in [9.17, 15) is 18.0 Å². The van der Waals surface area contributed by atoms with Gasteiger partial charge < -0.3 is 4.90 Å². The average Bonchev–Trinajstić information content (AvgIpc) is 2.85. The molecular weight excluding hydrogens is 351 g/mol. The van der Waals surface area contributed by atoms with Gasteiger partial charge in [0, 0.05) is 13.1 Å². The van der Waals surface area contributed by atoms with Crippen LogP contribution in [0.3, 0.4) is 0 Å². The lowest BCUT2D eigenvalue weighted by Gasteiger charge is -2.21. The molecule has 0 aliphatic carbocycles. The van der Waals surface area contributed by atoms with Gasteiger partial charge in [0.1, 0.15) is 4.88 Å². The summed E-state index contributed by atoms with van der Waals surface area (Å²) in [6.07, 6.45) is -2.53. The van der Waals surface area contributed by atoms with Crippen LogP contribution in [0.15, 0.2) is 24.3 Å². The zero-order chi connectivity index (χ0) is 18.0. The number of carbonyl (C=O) groups excluding carboxylic acids is 1. The van der Waals surface area contributed by atoms with E-state index >= 15 is 0 Å². The summed E-state index contributed by atoms with van der Waals surface area (Å²) in [5, 5.41) is 3.85. The van der Waals surface area contributed by atoms with Gasteiger partial charge in [-0.25, -0.2) is 0 Å². The van der Waals surface area contributed by atoms with E-state index in [-0.39, 0.29) is 11.8 Å². The van der Waals surface area contributed by atoms with E-state index in [0.29, 0.717) is 48.5 Å². The Morgan fingerprint density at radius 2 is 2.00 bits per heavy atom. The van der Waals surface area contributed by atoms with Crippen molar-refractivity contribution in [2.45, 2.75) is 38.3 Å². The molecule has 1 fully saturated rings. The van der Waals surface area contributed by atoms with Crippen LogP contribution < -0.4 is 0 Å². The third-order valence-electron chi connectivity index (χ3n) is 4.57. The number of rotatable bonds is 2. The number of halogens is 3. The van der Waals surface area contributed by atoms with Crippen LogP contribution in [-0.4, -0.2) is 33.5 Å². The van der Waals surface area contributed by atoms with E-state index in [4.69, 9.17) is 0 Å². The van der Waals surface area contributed by atoms with Crippen molar-refractivity contribution in [3.8, 4) is 0 Å². The quantitative estimate of drug-likeness (QED) is 0.794. The van der Waals surface area contributed by atoms with Crippen molar-refractivity contribution in [1.82, 2.24) is 14.5 Å². The summed E-state index contributed by atoms with van der Waals surface area (Å²) in [7, 11) is 0. The Labute approximate surface area is 147 Å². The van der Waals surface area contributed by atoms with E-state index in [1.165, 1.54) is 6.07 Å². The van der Waals surface area contributed by atoms with E-state index in [2.05, 4.69) is 9.59 Å². The first kappa shape index (κ1) is 17.8. The maximum atomic E-state index is 13.3. The van der Waals surface area contributed by atoms with Crippen molar-refractivity contribution in [1.29, 1.82) is 0 Å². The fourth-order valence-electron chi connectivity index (χ4n) is 3.29. The van der Waals surface area contributed by atoms with Gasteiger partial charge in [0.25, 0.3) is 5.91 Å². The molecule has 25 heavy (non-hydrogen) atoms. The molecule has 2 heterocycles. The van der Waals surface area contributed by atoms with Crippen LogP contribution in [0.1, 0.15) is 51.7 Å². The lowest BCUT2D eigenvalue weighted by Crippen LogP contribution is -2.31. The van der Waals surface area contributed by atoms with Crippen LogP contribution in [0.2, 0.25) is 0 Å². The van der Waals surface area contributed by atoms with Crippen LogP contribution in [0.5, 0.6) is 0 Å². The van der Waals surface area contributed by atoms with E-state index in [1.807, 2.05) is 0 Å². The largest absolute Gasteiger partial charge is 0.416 e. The van der Waals surface area contributed by atoms with Gasteiger partial charge in [0.15, 0.2) is 0 Å². The molecule has 134 valence electrons. The summed E-state index contributed by atoms with van der Waals surface area (Å²) in [5.41, 5.74) is 0.362. The summed E-state index contributed by atoms with van der Waals surface area (Å²) >= 11 is 1.06. The van der Waals surface area contributed by atoms with Gasteiger partial charge in [-0.15, -0.1) is 5.10 Å². The Morgan fingerprint density at radius 1 is 1.24 bits per heavy atom. The maximum Gasteiger partial charge on any atom is 0.416 e. The normalized spacial score (nSPS) is 18.9. The highest BCUT2D eigenvalue weighted by Gasteiger charge is 2.35. The average molecular weight is 369 g/mol. The van der Waals surface area contributed by atoms with E-state index < -0.39 is 11.7 Å². The molecule has 1 amide bonds. The number of aryl methyl sites for hydroxylation is 1. The second-order valence-corrected chi connectivity index (χ2v) is 6.95. The van der Waals surface area contributed by atoms with Crippen molar-refractivity contribution < 1.29 is 18.0 Å². The highest BCUT2D eigenvalue weighted by molar-refractivity contribution is 7.07. The van der Waals surface area contributed by atoms with Gasteiger partial charge in [-0.05, 0) is 55.3 Å². The Hall–Kier alpha value is -1.96. The molecule has 2 aromatic rings. The number of carbonyl (C=O) groups is 1. The minimum atomic E-state index is -4.36. The van der Waals surface area contributed by atoms with Crippen LogP contribution in [0, 0.1) is 6.92 Å². The standard InChI is InChI=1S/C17H18F3N3OS/c1-11-15(25-22-21-11)16(24)23-9-4-5-12(8-10-23)13-6-2-3-7-14(13)17(18,19)20/h2-3,6-7,12H,4-5,8-10H2,1H3. The molecule has 8 heteroatoms. The number of hydrogen-bond acceptors (Lipinski definition) is 4. The molecule has 0 bridgehead atoms. The van der Waals surface area contributed by atoms with Crippen LogP contribution in [-0.2, 0) is 6.18 Å². The van der Waals surface area contributed by atoms with Gasteiger partial charge in [0.05, 0.1) is 11.3 Å². The van der Waals surface area contributed by atoms with E-state index in [1.54, 1.807) is 24.0 Å². The number of benzene rings is 1. The lowest BCUT2D eigenvalue weighted by molar-refractivity contribution is -0.138. The molecule has 0 radical (unpaired) electrons. The summed E-state index contributed by atoms with van der Waals surface area (Å²) in [6.45, 7) is 2.71. The Kier molecular flexibility index (Phi) is 5.08. The third-order valence-corrected chi connectivity index (χ3v) is 5.38. The molecule has 4 nitrogen and oxygen atoms in total. The van der Waals surface area contributed by atoms with E-state index in [0.717, 1.165) is 17.6 Å². The topological polar surface area (TPSA) is 46.1 Å². The smallest absolute Gasteiger partial charge is 0.338 e. The zero-order valence-corrected chi connectivity index (χ0v) is 14.5. The van der Waals surface area contributed by atoms with Crippen LogP contribution >= 0.6 is 11.5 Å². The van der Waals surface area contributed by atoms with Crippen LogP contribution in [0.25, 0.3) is 0 Å². The molecule has 0 N–H and O–H groups in total. The first-order valence-corrected chi connectivity index (χ1v) is 8.89. The zero-order valence-electron chi connectivity index (χ0n) is 13.7. The van der Waals surface area contributed by atoms with Crippen molar-refractivity contribution in [3.63, 3.8) is 0 Å². The molecule has 1 aliphatic heterocycles. The highest BCUT2D eigenvalue weighted by Crippen LogP contribution is 2.38. The second-order valence-electron chi connectivity index (χ2n) is 6.19. The summed E-state index contributed by atoms with van der Waals surface area (Å²) in [4.78, 5) is 14.8. The SMILES string of the molecule is Cc1nnsc1C(=O)N1CCCC(c2ccccc2C(F)(F)F)CC1.